The van der Waals surface area contributed by atoms with Gasteiger partial charge in [0.05, 0.1) is 30.4 Å². The molecule has 0 aliphatic heterocycles. The molecule has 0 radical (unpaired) electrons. The number of nitrogens with two attached hydrogens (primary N) is 1. The number of halogens is 1. The Morgan fingerprint density at radius 1 is 1.46 bits per heavy atom. The van der Waals surface area contributed by atoms with Crippen molar-refractivity contribution in [2.24, 2.45) is 5.14 Å². The molecule has 0 aromatic rings. The van der Waals surface area contributed by atoms with Gasteiger partial charge in [-0.1, -0.05) is 0 Å². The lowest BCUT2D eigenvalue weighted by Crippen LogP contribution is -2.01. The summed E-state index contributed by atoms with van der Waals surface area (Å²) in [4.78, 5) is 0. The van der Waals surface area contributed by atoms with E-state index < -0.39 is 18.7 Å². The highest BCUT2D eigenvalue weighted by molar-refractivity contribution is 8.08. The summed E-state index contributed by atoms with van der Waals surface area (Å²) in [6, 6.07) is 0. The third-order valence-corrected chi connectivity index (χ3v) is 3.77. The van der Waals surface area contributed by atoms with E-state index in [1.165, 1.54) is 0 Å². The van der Waals surface area contributed by atoms with E-state index in [1.807, 2.05) is 0 Å². The molecule has 1 unspecified atom stereocenters. The summed E-state index contributed by atoms with van der Waals surface area (Å²) in [5.41, 5.74) is 0. The standard InChI is InChI=1S/C6H15FNO3PS/c1-3-10-12(9,11-4-2)5-6-13(7)8/h6H,3-5,8H2,1-2H3. The van der Waals surface area contributed by atoms with E-state index in [4.69, 9.17) is 14.2 Å². The van der Waals surface area contributed by atoms with Gasteiger partial charge in [-0.3, -0.25) is 9.70 Å². The molecule has 0 amide bonds. The molecule has 1 atom stereocenters. The lowest BCUT2D eigenvalue weighted by Gasteiger charge is -2.14. The van der Waals surface area contributed by atoms with Gasteiger partial charge in [-0.25, -0.2) is 0 Å². The van der Waals surface area contributed by atoms with E-state index in [0.29, 0.717) is 0 Å². The van der Waals surface area contributed by atoms with Crippen molar-refractivity contribution in [1.29, 1.82) is 0 Å². The van der Waals surface area contributed by atoms with Crippen LogP contribution in [0.1, 0.15) is 13.8 Å². The predicted octanol–water partition coefficient (Wildman–Crippen LogP) is 2.08. The Labute approximate surface area is 80.5 Å². The van der Waals surface area contributed by atoms with Gasteiger partial charge in [-0.05, 0) is 19.2 Å². The maximum atomic E-state index is 12.2. The molecule has 0 heterocycles. The van der Waals surface area contributed by atoms with Crippen molar-refractivity contribution >= 4 is 24.0 Å². The summed E-state index contributed by atoms with van der Waals surface area (Å²) in [7, 11) is -3.14. The molecule has 0 fully saturated rings. The summed E-state index contributed by atoms with van der Waals surface area (Å²) in [6.45, 7) is 3.94. The summed E-state index contributed by atoms with van der Waals surface area (Å²) < 4.78 is 33.7. The molecule has 0 saturated carbocycles. The normalized spacial score (nSPS) is 14.8. The van der Waals surface area contributed by atoms with Crippen molar-refractivity contribution in [3.8, 4) is 0 Å². The van der Waals surface area contributed by atoms with Crippen LogP contribution in [0.15, 0.2) is 0 Å². The third kappa shape index (κ3) is 6.35. The molecule has 80 valence electrons. The maximum absolute atomic E-state index is 12.2. The Balaban J connectivity index is 4.24. The first kappa shape index (κ1) is 13.3. The van der Waals surface area contributed by atoms with Crippen molar-refractivity contribution in [2.75, 3.05) is 19.4 Å². The molecule has 0 aliphatic rings. The van der Waals surface area contributed by atoms with Crippen molar-refractivity contribution in [1.82, 2.24) is 0 Å². The van der Waals surface area contributed by atoms with Gasteiger partial charge in [-0.15, -0.1) is 0 Å². The number of rotatable bonds is 6. The molecule has 0 aromatic heterocycles. The van der Waals surface area contributed by atoms with E-state index in [9.17, 15) is 8.45 Å². The van der Waals surface area contributed by atoms with Crippen molar-refractivity contribution in [3.05, 3.63) is 0 Å². The van der Waals surface area contributed by atoms with Crippen LogP contribution in [0.3, 0.4) is 0 Å². The van der Waals surface area contributed by atoms with E-state index in [0.717, 1.165) is 5.37 Å². The molecular weight excluding hydrogens is 216 g/mol. The molecule has 0 aromatic carbocycles. The van der Waals surface area contributed by atoms with Crippen molar-refractivity contribution in [2.45, 2.75) is 13.8 Å². The molecule has 0 saturated heterocycles. The monoisotopic (exact) mass is 231 g/mol. The second kappa shape index (κ2) is 6.68. The molecule has 4 nitrogen and oxygen atoms in total. The van der Waals surface area contributed by atoms with Gasteiger partial charge in [0, 0.05) is 0 Å². The minimum absolute atomic E-state index is 0.0786. The minimum atomic E-state index is -3.14. The molecule has 2 N–H and O–H groups in total. The lowest BCUT2D eigenvalue weighted by molar-refractivity contribution is 0.223. The zero-order valence-electron chi connectivity index (χ0n) is 7.73. The van der Waals surface area contributed by atoms with Gasteiger partial charge in [0.1, 0.15) is 0 Å². The molecule has 13 heavy (non-hydrogen) atoms. The number of hydrogen-bond acceptors (Lipinski definition) is 4. The van der Waals surface area contributed by atoms with Crippen LogP contribution in [-0.4, -0.2) is 24.7 Å². The first-order valence-corrected chi connectivity index (χ1v) is 6.87. The van der Waals surface area contributed by atoms with Crippen LogP contribution >= 0.6 is 18.7 Å². The topological polar surface area (TPSA) is 61.5 Å². The minimum Gasteiger partial charge on any atom is -0.309 e. The van der Waals surface area contributed by atoms with E-state index in [2.05, 4.69) is 0 Å². The van der Waals surface area contributed by atoms with Gasteiger partial charge >= 0.3 is 7.60 Å². The highest BCUT2D eigenvalue weighted by atomic mass is 32.2. The third-order valence-electron chi connectivity index (χ3n) is 1.11. The number of hydrogen-bond donors (Lipinski definition) is 1. The molecular formula is C6H15FNO3PS. The zero-order chi connectivity index (χ0) is 10.3. The van der Waals surface area contributed by atoms with Crippen LogP contribution in [0.4, 0.5) is 3.89 Å². The summed E-state index contributed by atoms with van der Waals surface area (Å²) >= 11 is -1.83. The molecule has 0 bridgehead atoms. The van der Waals surface area contributed by atoms with E-state index in [1.54, 1.807) is 13.8 Å². The second-order valence-electron chi connectivity index (χ2n) is 2.11. The first-order chi connectivity index (χ1) is 6.04. The Hall–Kier alpha value is 0.260. The van der Waals surface area contributed by atoms with Crippen LogP contribution in [0.25, 0.3) is 0 Å². The van der Waals surface area contributed by atoms with Crippen molar-refractivity contribution in [3.63, 3.8) is 0 Å². The van der Waals surface area contributed by atoms with Crippen molar-refractivity contribution < 1.29 is 17.5 Å². The smallest absolute Gasteiger partial charge is 0.309 e. The SMILES string of the molecule is CCOP(=O)(C/C=S(\N)F)OCC. The molecule has 0 spiro atoms. The van der Waals surface area contributed by atoms with Gasteiger partial charge in [0.15, 0.2) is 0 Å². The molecule has 0 aliphatic carbocycles. The second-order valence-corrected chi connectivity index (χ2v) is 5.18. The highest BCUT2D eigenvalue weighted by Gasteiger charge is 2.21. The Morgan fingerprint density at radius 3 is 2.23 bits per heavy atom. The van der Waals surface area contributed by atoms with Crippen LogP contribution in [-0.2, 0) is 13.6 Å². The average Bonchev–Trinajstić information content (AvgIpc) is 2.02. The van der Waals surface area contributed by atoms with Crippen LogP contribution in [0.2, 0.25) is 0 Å². The summed E-state index contributed by atoms with van der Waals surface area (Å²) in [5.74, 6) is 0. The van der Waals surface area contributed by atoms with Crippen LogP contribution in [0, 0.1) is 0 Å². The molecule has 0 rings (SSSR count). The Morgan fingerprint density at radius 2 is 1.92 bits per heavy atom. The van der Waals surface area contributed by atoms with Crippen LogP contribution < -0.4 is 5.14 Å². The van der Waals surface area contributed by atoms with Gasteiger partial charge in [-0.2, -0.15) is 3.89 Å². The summed E-state index contributed by atoms with van der Waals surface area (Å²) in [6.07, 6.45) is -0.0786. The van der Waals surface area contributed by atoms with Gasteiger partial charge in [0.2, 0.25) is 0 Å². The fourth-order valence-electron chi connectivity index (χ4n) is 0.699. The first-order valence-electron chi connectivity index (χ1n) is 3.89. The fraction of sp³-hybridized carbons (Fsp3) is 0.833. The Kier molecular flexibility index (Phi) is 6.81. The average molecular weight is 231 g/mol. The Bertz CT molecular complexity index is 210. The lowest BCUT2D eigenvalue weighted by atomic mass is 10.9. The molecule has 7 heteroatoms. The largest absolute Gasteiger partial charge is 0.335 e. The van der Waals surface area contributed by atoms with Crippen LogP contribution in [0.5, 0.6) is 0 Å². The fourth-order valence-corrected chi connectivity index (χ4v) is 3.07. The quantitative estimate of drug-likeness (QED) is 0.561. The summed E-state index contributed by atoms with van der Waals surface area (Å²) in [5, 5.41) is 5.97. The highest BCUT2D eigenvalue weighted by Crippen LogP contribution is 2.47. The van der Waals surface area contributed by atoms with E-state index >= 15 is 0 Å². The zero-order valence-corrected chi connectivity index (χ0v) is 9.45. The van der Waals surface area contributed by atoms with Gasteiger partial charge in [0.25, 0.3) is 0 Å². The predicted molar refractivity (Wildman–Crippen MR) is 54.7 cm³/mol. The van der Waals surface area contributed by atoms with E-state index in [-0.39, 0.29) is 19.4 Å². The van der Waals surface area contributed by atoms with Gasteiger partial charge < -0.3 is 9.05 Å². The maximum Gasteiger partial charge on any atom is 0.335 e.